The Hall–Kier alpha value is -1.67. The molecule has 1 aliphatic carbocycles. The molecule has 0 amide bonds. The van der Waals surface area contributed by atoms with Crippen LogP contribution in [0.2, 0.25) is 0 Å². The van der Waals surface area contributed by atoms with Crippen molar-refractivity contribution in [1.29, 1.82) is 0 Å². The summed E-state index contributed by atoms with van der Waals surface area (Å²) in [7, 11) is 0. The fraction of sp³-hybridized carbons (Fsp3) is 0.455. The first kappa shape index (κ1) is 9.87. The summed E-state index contributed by atoms with van der Waals surface area (Å²) < 4.78 is 5.78. The van der Waals surface area contributed by atoms with Crippen LogP contribution >= 0.6 is 0 Å². The number of nitrogens with zero attached hydrogens (tertiary/aromatic N) is 3. The molecule has 15 heavy (non-hydrogen) atoms. The highest BCUT2D eigenvalue weighted by Crippen LogP contribution is 2.26. The van der Waals surface area contributed by atoms with Crippen LogP contribution in [0.25, 0.3) is 10.4 Å². The topological polar surface area (TPSA) is 58.0 Å². The molecule has 0 radical (unpaired) electrons. The van der Waals surface area contributed by atoms with E-state index < -0.39 is 0 Å². The van der Waals surface area contributed by atoms with E-state index in [1.54, 1.807) is 12.1 Å². The molecule has 0 unspecified atom stereocenters. The van der Waals surface area contributed by atoms with Crippen LogP contribution in [-0.2, 0) is 0 Å². The van der Waals surface area contributed by atoms with Gasteiger partial charge in [0.15, 0.2) is 0 Å². The highest BCUT2D eigenvalue weighted by Gasteiger charge is 2.16. The first-order chi connectivity index (χ1) is 7.38. The second-order valence-corrected chi connectivity index (χ2v) is 3.71. The molecule has 1 aromatic rings. The third kappa shape index (κ3) is 2.64. The Bertz CT molecular complexity index is 379. The molecule has 1 saturated carbocycles. The minimum atomic E-state index is 0.339. The first-order valence-corrected chi connectivity index (χ1v) is 5.20. The third-order valence-corrected chi connectivity index (χ3v) is 2.58. The predicted octanol–water partition coefficient (Wildman–Crippen LogP) is 3.95. The number of rotatable bonds is 3. The minimum absolute atomic E-state index is 0.339. The molecule has 0 bridgehead atoms. The average molecular weight is 203 g/mol. The van der Waals surface area contributed by atoms with Crippen molar-refractivity contribution in [2.75, 3.05) is 0 Å². The molecule has 0 heterocycles. The van der Waals surface area contributed by atoms with E-state index in [0.29, 0.717) is 11.8 Å². The largest absolute Gasteiger partial charge is 0.490 e. The summed E-state index contributed by atoms with van der Waals surface area (Å²) in [5.74, 6) is 0.798. The van der Waals surface area contributed by atoms with Crippen molar-refractivity contribution in [3.63, 3.8) is 0 Å². The van der Waals surface area contributed by atoms with E-state index in [2.05, 4.69) is 10.0 Å². The quantitative estimate of drug-likeness (QED) is 0.417. The van der Waals surface area contributed by atoms with Crippen LogP contribution in [0.4, 0.5) is 5.69 Å². The second kappa shape index (κ2) is 4.71. The number of benzene rings is 1. The zero-order valence-corrected chi connectivity index (χ0v) is 8.47. The summed E-state index contributed by atoms with van der Waals surface area (Å²) >= 11 is 0. The molecule has 0 aromatic heterocycles. The minimum Gasteiger partial charge on any atom is -0.490 e. The summed E-state index contributed by atoms with van der Waals surface area (Å²) in [4.78, 5) is 2.75. The predicted molar refractivity (Wildman–Crippen MR) is 58.1 cm³/mol. The van der Waals surface area contributed by atoms with Crippen LogP contribution < -0.4 is 4.74 Å². The van der Waals surface area contributed by atoms with Crippen molar-refractivity contribution in [3.8, 4) is 5.75 Å². The normalized spacial score (nSPS) is 16.0. The maximum absolute atomic E-state index is 8.31. The number of ether oxygens (including phenoxy) is 1. The lowest BCUT2D eigenvalue weighted by molar-refractivity contribution is 0.210. The second-order valence-electron chi connectivity index (χ2n) is 3.71. The van der Waals surface area contributed by atoms with Gasteiger partial charge < -0.3 is 4.74 Å². The maximum Gasteiger partial charge on any atom is 0.120 e. The van der Waals surface area contributed by atoms with E-state index in [0.717, 1.165) is 18.6 Å². The Balaban J connectivity index is 2.06. The Morgan fingerprint density at radius 1 is 1.33 bits per heavy atom. The van der Waals surface area contributed by atoms with Gasteiger partial charge in [0.05, 0.1) is 6.10 Å². The molecule has 0 spiro atoms. The summed E-state index contributed by atoms with van der Waals surface area (Å²) in [6, 6.07) is 7.28. The van der Waals surface area contributed by atoms with Gasteiger partial charge >= 0.3 is 0 Å². The molecule has 1 aromatic carbocycles. The van der Waals surface area contributed by atoms with E-state index in [4.69, 9.17) is 10.3 Å². The fourth-order valence-electron chi connectivity index (χ4n) is 1.87. The molecule has 4 nitrogen and oxygen atoms in total. The molecule has 0 atom stereocenters. The highest BCUT2D eigenvalue weighted by molar-refractivity contribution is 5.43. The van der Waals surface area contributed by atoms with Crippen molar-refractivity contribution in [2.45, 2.75) is 31.8 Å². The molecule has 2 rings (SSSR count). The van der Waals surface area contributed by atoms with Gasteiger partial charge in [0, 0.05) is 10.6 Å². The van der Waals surface area contributed by atoms with Crippen molar-refractivity contribution in [3.05, 3.63) is 34.7 Å². The van der Waals surface area contributed by atoms with Crippen molar-refractivity contribution < 1.29 is 4.74 Å². The summed E-state index contributed by atoms with van der Waals surface area (Å²) in [5.41, 5.74) is 8.92. The van der Waals surface area contributed by atoms with Crippen LogP contribution in [0, 0.1) is 0 Å². The van der Waals surface area contributed by atoms with Crippen LogP contribution in [0.5, 0.6) is 5.75 Å². The lowest BCUT2D eigenvalue weighted by atomic mass is 10.3. The zero-order chi connectivity index (χ0) is 10.5. The van der Waals surface area contributed by atoms with Gasteiger partial charge in [0.25, 0.3) is 0 Å². The van der Waals surface area contributed by atoms with E-state index in [9.17, 15) is 0 Å². The average Bonchev–Trinajstić information content (AvgIpc) is 2.71. The van der Waals surface area contributed by atoms with Gasteiger partial charge in [0.2, 0.25) is 0 Å². The molecule has 0 N–H and O–H groups in total. The van der Waals surface area contributed by atoms with Crippen molar-refractivity contribution >= 4 is 5.69 Å². The van der Waals surface area contributed by atoms with Crippen LogP contribution in [0.1, 0.15) is 25.7 Å². The monoisotopic (exact) mass is 203 g/mol. The molecule has 0 saturated heterocycles. The number of hydrogen-bond donors (Lipinski definition) is 0. The molecule has 1 aliphatic rings. The SMILES string of the molecule is [N-]=[N+]=Nc1cccc(OC2CCCC2)c1. The Morgan fingerprint density at radius 2 is 2.13 bits per heavy atom. The maximum atomic E-state index is 8.31. The number of azide groups is 1. The summed E-state index contributed by atoms with van der Waals surface area (Å²) in [5, 5.41) is 3.54. The van der Waals surface area contributed by atoms with Crippen molar-refractivity contribution in [2.24, 2.45) is 5.11 Å². The molecular formula is C11H13N3O. The Kier molecular flexibility index (Phi) is 3.10. The standard InChI is InChI=1S/C11H13N3O/c12-14-13-9-4-3-7-11(8-9)15-10-5-1-2-6-10/h3-4,7-8,10H,1-2,5-6H2. The van der Waals surface area contributed by atoms with Crippen LogP contribution in [0.15, 0.2) is 29.4 Å². The van der Waals surface area contributed by atoms with Gasteiger partial charge in [-0.15, -0.1) is 0 Å². The van der Waals surface area contributed by atoms with E-state index in [1.807, 2.05) is 12.1 Å². The fourth-order valence-corrected chi connectivity index (χ4v) is 1.87. The smallest absolute Gasteiger partial charge is 0.120 e. The van der Waals surface area contributed by atoms with E-state index >= 15 is 0 Å². The van der Waals surface area contributed by atoms with Crippen molar-refractivity contribution in [1.82, 2.24) is 0 Å². The van der Waals surface area contributed by atoms with Gasteiger partial charge in [-0.1, -0.05) is 17.2 Å². The lowest BCUT2D eigenvalue weighted by Gasteiger charge is -2.12. The van der Waals surface area contributed by atoms with E-state index in [1.165, 1.54) is 12.8 Å². The zero-order valence-electron chi connectivity index (χ0n) is 8.47. The molecule has 0 aliphatic heterocycles. The molecule has 78 valence electrons. The highest BCUT2D eigenvalue weighted by atomic mass is 16.5. The van der Waals surface area contributed by atoms with Gasteiger partial charge in [-0.25, -0.2) is 0 Å². The summed E-state index contributed by atoms with van der Waals surface area (Å²) in [6.45, 7) is 0. The molecule has 1 fully saturated rings. The summed E-state index contributed by atoms with van der Waals surface area (Å²) in [6.07, 6.45) is 5.10. The lowest BCUT2D eigenvalue weighted by Crippen LogP contribution is -2.10. The molecule has 4 heteroatoms. The Labute approximate surface area is 88.5 Å². The third-order valence-electron chi connectivity index (χ3n) is 2.58. The van der Waals surface area contributed by atoms with Gasteiger partial charge in [0.1, 0.15) is 5.75 Å². The number of hydrogen-bond acceptors (Lipinski definition) is 2. The van der Waals surface area contributed by atoms with Gasteiger partial charge in [-0.05, 0) is 43.3 Å². The van der Waals surface area contributed by atoms with Crippen LogP contribution in [0.3, 0.4) is 0 Å². The Morgan fingerprint density at radius 3 is 2.87 bits per heavy atom. The molecular weight excluding hydrogens is 190 g/mol. The first-order valence-electron chi connectivity index (χ1n) is 5.20. The van der Waals surface area contributed by atoms with E-state index in [-0.39, 0.29) is 0 Å². The van der Waals surface area contributed by atoms with Gasteiger partial charge in [-0.3, -0.25) is 0 Å². The van der Waals surface area contributed by atoms with Gasteiger partial charge in [-0.2, -0.15) is 0 Å². The van der Waals surface area contributed by atoms with Crippen LogP contribution in [-0.4, -0.2) is 6.10 Å².